The molecule has 0 aromatic carbocycles. The van der Waals surface area contributed by atoms with Crippen molar-refractivity contribution in [1.82, 2.24) is 15.5 Å². The number of nitrogens with zero attached hydrogens (tertiary/aromatic N) is 1. The third kappa shape index (κ3) is 6.78. The summed E-state index contributed by atoms with van der Waals surface area (Å²) in [6.07, 6.45) is 1.38. The molecule has 0 heterocycles. The molecule has 1 unspecified atom stereocenters. The molecule has 0 aliphatic heterocycles. The zero-order valence-electron chi connectivity index (χ0n) is 13.3. The van der Waals surface area contributed by atoms with E-state index >= 15 is 0 Å². The maximum Gasteiger partial charge on any atom is 0.314 e. The van der Waals surface area contributed by atoms with E-state index in [0.717, 1.165) is 12.8 Å². The van der Waals surface area contributed by atoms with Gasteiger partial charge in [0.25, 0.3) is 0 Å². The summed E-state index contributed by atoms with van der Waals surface area (Å²) in [5.74, 6) is 0.249. The van der Waals surface area contributed by atoms with E-state index in [2.05, 4.69) is 43.2 Å². The molecule has 0 aromatic heterocycles. The molecular weight excluding hydrogens is 242 g/mol. The van der Waals surface area contributed by atoms with Gasteiger partial charge in [-0.3, -0.25) is 0 Å². The Hall–Kier alpha value is -0.810. The summed E-state index contributed by atoms with van der Waals surface area (Å²) < 4.78 is 0. The van der Waals surface area contributed by atoms with Gasteiger partial charge in [-0.2, -0.15) is 0 Å². The first-order valence-electron chi connectivity index (χ1n) is 7.11. The molecular formula is C14H31N3O2. The van der Waals surface area contributed by atoms with Crippen molar-refractivity contribution in [2.75, 3.05) is 27.2 Å². The van der Waals surface area contributed by atoms with E-state index in [1.165, 1.54) is 0 Å². The first-order valence-corrected chi connectivity index (χ1v) is 7.11. The largest absolute Gasteiger partial charge is 0.391 e. The van der Waals surface area contributed by atoms with Gasteiger partial charge < -0.3 is 20.6 Å². The number of carbonyl (C=O) groups is 1. The summed E-state index contributed by atoms with van der Waals surface area (Å²) in [7, 11) is 3.97. The van der Waals surface area contributed by atoms with Crippen molar-refractivity contribution < 1.29 is 9.90 Å². The van der Waals surface area contributed by atoms with Gasteiger partial charge in [0.2, 0.25) is 0 Å². The number of likely N-dealkylation sites (N-methyl/N-ethyl adjacent to an activating group) is 1. The zero-order valence-corrected chi connectivity index (χ0v) is 13.3. The molecule has 0 saturated carbocycles. The molecule has 114 valence electrons. The molecule has 0 aromatic rings. The highest BCUT2D eigenvalue weighted by Gasteiger charge is 2.21. The average molecular weight is 273 g/mol. The summed E-state index contributed by atoms with van der Waals surface area (Å²) in [5.41, 5.74) is -0.0919. The molecule has 5 nitrogen and oxygen atoms in total. The molecule has 0 aliphatic carbocycles. The third-order valence-electron chi connectivity index (χ3n) is 3.96. The minimum atomic E-state index is -0.470. The molecule has 2 amide bonds. The Bertz CT molecular complexity index is 263. The van der Waals surface area contributed by atoms with Gasteiger partial charge in [0, 0.05) is 18.6 Å². The summed E-state index contributed by atoms with van der Waals surface area (Å²) >= 11 is 0. The van der Waals surface area contributed by atoms with Crippen molar-refractivity contribution in [2.24, 2.45) is 5.92 Å². The van der Waals surface area contributed by atoms with Crippen LogP contribution in [0, 0.1) is 5.92 Å². The highest BCUT2D eigenvalue weighted by atomic mass is 16.3. The third-order valence-corrected chi connectivity index (χ3v) is 3.96. The number of hydrogen-bond acceptors (Lipinski definition) is 3. The molecule has 0 saturated heterocycles. The van der Waals surface area contributed by atoms with Crippen molar-refractivity contribution in [2.45, 2.75) is 52.2 Å². The lowest BCUT2D eigenvalue weighted by Crippen LogP contribution is -2.51. The van der Waals surface area contributed by atoms with Crippen LogP contribution in [0.1, 0.15) is 40.5 Å². The van der Waals surface area contributed by atoms with Crippen LogP contribution in [-0.4, -0.2) is 54.9 Å². The first-order chi connectivity index (χ1) is 8.74. The zero-order chi connectivity index (χ0) is 15.1. The Morgan fingerprint density at radius 1 is 1.21 bits per heavy atom. The van der Waals surface area contributed by atoms with E-state index < -0.39 is 6.10 Å². The standard InChI is InChI=1S/C14H31N3O2/c1-7-11(8-2)12(18)9-15-13(19)16-10-14(3,4)17(5)6/h11-12,18H,7-10H2,1-6H3,(H2,15,16,19). The minimum Gasteiger partial charge on any atom is -0.391 e. The maximum absolute atomic E-state index is 11.7. The van der Waals surface area contributed by atoms with Crippen LogP contribution in [0.5, 0.6) is 0 Å². The Labute approximate surface area is 117 Å². The molecule has 0 rings (SSSR count). The second kappa shape index (κ2) is 8.38. The van der Waals surface area contributed by atoms with Crippen molar-refractivity contribution in [1.29, 1.82) is 0 Å². The second-order valence-corrected chi connectivity index (χ2v) is 5.91. The summed E-state index contributed by atoms with van der Waals surface area (Å²) in [5, 5.41) is 15.5. The van der Waals surface area contributed by atoms with Crippen LogP contribution in [0.15, 0.2) is 0 Å². The SMILES string of the molecule is CCC(CC)C(O)CNC(=O)NCC(C)(C)N(C)C. The Balaban J connectivity index is 4.00. The van der Waals surface area contributed by atoms with E-state index in [4.69, 9.17) is 0 Å². The number of aliphatic hydroxyl groups excluding tert-OH is 1. The molecule has 0 spiro atoms. The Morgan fingerprint density at radius 3 is 2.16 bits per heavy atom. The van der Waals surface area contributed by atoms with Crippen LogP contribution in [0.3, 0.4) is 0 Å². The van der Waals surface area contributed by atoms with Crippen molar-refractivity contribution >= 4 is 6.03 Å². The number of aliphatic hydroxyl groups is 1. The monoisotopic (exact) mass is 273 g/mol. The molecule has 0 bridgehead atoms. The van der Waals surface area contributed by atoms with Crippen LogP contribution >= 0.6 is 0 Å². The lowest BCUT2D eigenvalue weighted by molar-refractivity contribution is 0.103. The normalized spacial score (nSPS) is 13.7. The number of nitrogens with one attached hydrogen (secondary N) is 2. The number of urea groups is 1. The van der Waals surface area contributed by atoms with Gasteiger partial charge in [-0.25, -0.2) is 4.79 Å². The smallest absolute Gasteiger partial charge is 0.314 e. The fourth-order valence-corrected chi connectivity index (χ4v) is 1.71. The van der Waals surface area contributed by atoms with Gasteiger partial charge in [-0.1, -0.05) is 26.7 Å². The van der Waals surface area contributed by atoms with Gasteiger partial charge in [0.05, 0.1) is 6.10 Å². The molecule has 1 atom stereocenters. The highest BCUT2D eigenvalue weighted by molar-refractivity contribution is 5.73. The van der Waals surface area contributed by atoms with Crippen LogP contribution in [0.2, 0.25) is 0 Å². The molecule has 3 N–H and O–H groups in total. The van der Waals surface area contributed by atoms with Crippen LogP contribution in [0.25, 0.3) is 0 Å². The van der Waals surface area contributed by atoms with Crippen LogP contribution in [0.4, 0.5) is 4.79 Å². The minimum absolute atomic E-state index is 0.0919. The van der Waals surface area contributed by atoms with Gasteiger partial charge in [-0.15, -0.1) is 0 Å². The topological polar surface area (TPSA) is 64.6 Å². The summed E-state index contributed by atoms with van der Waals surface area (Å²) in [6, 6.07) is -0.222. The lowest BCUT2D eigenvalue weighted by atomic mass is 9.97. The highest BCUT2D eigenvalue weighted by Crippen LogP contribution is 2.12. The number of rotatable bonds is 8. The summed E-state index contributed by atoms with van der Waals surface area (Å²) in [6.45, 7) is 9.10. The second-order valence-electron chi connectivity index (χ2n) is 5.91. The van der Waals surface area contributed by atoms with E-state index in [-0.39, 0.29) is 17.5 Å². The summed E-state index contributed by atoms with van der Waals surface area (Å²) in [4.78, 5) is 13.7. The van der Waals surface area contributed by atoms with E-state index in [1.807, 2.05) is 14.1 Å². The molecule has 19 heavy (non-hydrogen) atoms. The van der Waals surface area contributed by atoms with Crippen molar-refractivity contribution in [3.8, 4) is 0 Å². The van der Waals surface area contributed by atoms with Gasteiger partial charge >= 0.3 is 6.03 Å². The molecule has 0 fully saturated rings. The fraction of sp³-hybridized carbons (Fsp3) is 0.929. The Kier molecular flexibility index (Phi) is 8.02. The number of amides is 2. The van der Waals surface area contributed by atoms with E-state index in [1.54, 1.807) is 0 Å². The molecule has 0 aliphatic rings. The molecule has 5 heteroatoms. The van der Waals surface area contributed by atoms with Crippen molar-refractivity contribution in [3.63, 3.8) is 0 Å². The fourth-order valence-electron chi connectivity index (χ4n) is 1.71. The van der Waals surface area contributed by atoms with Crippen molar-refractivity contribution in [3.05, 3.63) is 0 Å². The average Bonchev–Trinajstić information content (AvgIpc) is 2.35. The van der Waals surface area contributed by atoms with Crippen LogP contribution in [-0.2, 0) is 0 Å². The van der Waals surface area contributed by atoms with Gasteiger partial charge in [-0.05, 0) is 33.9 Å². The van der Waals surface area contributed by atoms with E-state index in [9.17, 15) is 9.90 Å². The first kappa shape index (κ1) is 18.2. The number of carbonyl (C=O) groups excluding carboxylic acids is 1. The quantitative estimate of drug-likeness (QED) is 0.627. The van der Waals surface area contributed by atoms with Gasteiger partial charge in [0.15, 0.2) is 0 Å². The lowest BCUT2D eigenvalue weighted by Gasteiger charge is -2.32. The number of hydrogen-bond donors (Lipinski definition) is 3. The van der Waals surface area contributed by atoms with Gasteiger partial charge in [0.1, 0.15) is 0 Å². The maximum atomic E-state index is 11.7. The predicted molar refractivity (Wildman–Crippen MR) is 79.2 cm³/mol. The van der Waals surface area contributed by atoms with Crippen LogP contribution < -0.4 is 10.6 Å². The Morgan fingerprint density at radius 2 is 1.74 bits per heavy atom. The molecule has 0 radical (unpaired) electrons. The van der Waals surface area contributed by atoms with E-state index in [0.29, 0.717) is 13.1 Å². The predicted octanol–water partition coefficient (Wildman–Crippen LogP) is 1.42.